The molecule has 1 amide bonds. The van der Waals surface area contributed by atoms with Crippen LogP contribution in [0, 0.1) is 17.8 Å². The van der Waals surface area contributed by atoms with Crippen molar-refractivity contribution in [1.82, 2.24) is 10.2 Å². The zero-order valence-corrected chi connectivity index (χ0v) is 12.8. The zero-order chi connectivity index (χ0) is 13.8. The summed E-state index contributed by atoms with van der Waals surface area (Å²) < 4.78 is 0. The SMILES string of the molecule is CC1CC(C)CN(CC(=O)NC2CCCCC2C)C1. The Balaban J connectivity index is 1.77. The van der Waals surface area contributed by atoms with Gasteiger partial charge in [-0.3, -0.25) is 9.69 Å². The standard InChI is InChI=1S/C16H30N2O/c1-12-8-13(2)10-18(9-12)11-16(19)17-15-7-5-4-6-14(15)3/h12-15H,4-11H2,1-3H3,(H,17,19). The lowest BCUT2D eigenvalue weighted by Gasteiger charge is -2.35. The molecule has 1 heterocycles. The van der Waals surface area contributed by atoms with Gasteiger partial charge in [0.25, 0.3) is 0 Å². The molecular weight excluding hydrogens is 236 g/mol. The minimum Gasteiger partial charge on any atom is -0.352 e. The van der Waals surface area contributed by atoms with Crippen LogP contribution in [0.5, 0.6) is 0 Å². The van der Waals surface area contributed by atoms with Crippen LogP contribution >= 0.6 is 0 Å². The molecule has 1 saturated carbocycles. The summed E-state index contributed by atoms with van der Waals surface area (Å²) in [5.41, 5.74) is 0. The van der Waals surface area contributed by atoms with Crippen LogP contribution in [0.2, 0.25) is 0 Å². The molecule has 0 radical (unpaired) electrons. The molecular formula is C16H30N2O. The van der Waals surface area contributed by atoms with Crippen LogP contribution in [-0.2, 0) is 4.79 Å². The van der Waals surface area contributed by atoms with Gasteiger partial charge in [-0.2, -0.15) is 0 Å². The second kappa shape index (κ2) is 6.74. The van der Waals surface area contributed by atoms with E-state index in [4.69, 9.17) is 0 Å². The van der Waals surface area contributed by atoms with Gasteiger partial charge in [0.05, 0.1) is 6.54 Å². The Labute approximate surface area is 118 Å². The van der Waals surface area contributed by atoms with Crippen LogP contribution in [0.1, 0.15) is 52.9 Å². The van der Waals surface area contributed by atoms with Crippen molar-refractivity contribution >= 4 is 5.91 Å². The highest BCUT2D eigenvalue weighted by Gasteiger charge is 2.26. The Bertz CT molecular complexity index is 295. The first-order chi connectivity index (χ1) is 9.04. The van der Waals surface area contributed by atoms with Gasteiger partial charge in [-0.05, 0) is 37.0 Å². The Morgan fingerprint density at radius 1 is 1.11 bits per heavy atom. The summed E-state index contributed by atoms with van der Waals surface area (Å²) in [6, 6.07) is 0.417. The fraction of sp³-hybridized carbons (Fsp3) is 0.938. The highest BCUT2D eigenvalue weighted by atomic mass is 16.2. The normalized spacial score (nSPS) is 37.0. The number of hydrogen-bond acceptors (Lipinski definition) is 2. The number of piperidine rings is 1. The molecule has 110 valence electrons. The maximum Gasteiger partial charge on any atom is 0.234 e. The maximum absolute atomic E-state index is 12.2. The van der Waals surface area contributed by atoms with E-state index in [1.54, 1.807) is 0 Å². The number of rotatable bonds is 3. The van der Waals surface area contributed by atoms with Crippen LogP contribution in [0.25, 0.3) is 0 Å². The van der Waals surface area contributed by atoms with Crippen LogP contribution in [0.15, 0.2) is 0 Å². The fourth-order valence-electron chi connectivity index (χ4n) is 3.91. The Morgan fingerprint density at radius 3 is 2.37 bits per heavy atom. The van der Waals surface area contributed by atoms with E-state index in [2.05, 4.69) is 31.0 Å². The quantitative estimate of drug-likeness (QED) is 0.852. The van der Waals surface area contributed by atoms with E-state index in [0.29, 0.717) is 18.5 Å². The summed E-state index contributed by atoms with van der Waals surface area (Å²) in [5, 5.41) is 3.26. The molecule has 0 aromatic carbocycles. The molecule has 2 rings (SSSR count). The van der Waals surface area contributed by atoms with E-state index in [9.17, 15) is 4.79 Å². The summed E-state index contributed by atoms with van der Waals surface area (Å²) >= 11 is 0. The van der Waals surface area contributed by atoms with Crippen LogP contribution < -0.4 is 5.32 Å². The molecule has 3 nitrogen and oxygen atoms in total. The van der Waals surface area contributed by atoms with Gasteiger partial charge in [-0.25, -0.2) is 0 Å². The van der Waals surface area contributed by atoms with Gasteiger partial charge in [0, 0.05) is 19.1 Å². The minimum absolute atomic E-state index is 0.236. The second-order valence-corrected chi connectivity index (χ2v) is 7.08. The lowest BCUT2D eigenvalue weighted by Crippen LogP contribution is -2.48. The van der Waals surface area contributed by atoms with E-state index in [0.717, 1.165) is 24.9 Å². The molecule has 2 aliphatic rings. The second-order valence-electron chi connectivity index (χ2n) is 7.08. The number of likely N-dealkylation sites (tertiary alicyclic amines) is 1. The van der Waals surface area contributed by atoms with Gasteiger partial charge < -0.3 is 5.32 Å². The zero-order valence-electron chi connectivity index (χ0n) is 12.8. The summed E-state index contributed by atoms with van der Waals surface area (Å²) in [5.74, 6) is 2.34. The largest absolute Gasteiger partial charge is 0.352 e. The molecule has 4 atom stereocenters. The number of nitrogens with one attached hydrogen (secondary N) is 1. The molecule has 0 bridgehead atoms. The molecule has 1 N–H and O–H groups in total. The molecule has 3 heteroatoms. The third-order valence-electron chi connectivity index (χ3n) is 4.77. The third-order valence-corrected chi connectivity index (χ3v) is 4.77. The van der Waals surface area contributed by atoms with Crippen molar-refractivity contribution in [3.8, 4) is 0 Å². The van der Waals surface area contributed by atoms with Crippen molar-refractivity contribution in [2.24, 2.45) is 17.8 Å². The first-order valence-corrected chi connectivity index (χ1v) is 8.06. The van der Waals surface area contributed by atoms with Crippen LogP contribution in [0.4, 0.5) is 0 Å². The highest BCUT2D eigenvalue weighted by Crippen LogP contribution is 2.24. The predicted octanol–water partition coefficient (Wildman–Crippen LogP) is 2.66. The summed E-state index contributed by atoms with van der Waals surface area (Å²) in [6.07, 6.45) is 6.34. The first kappa shape index (κ1) is 14.8. The number of carbonyl (C=O) groups excluding carboxylic acids is 1. The van der Waals surface area contributed by atoms with Gasteiger partial charge >= 0.3 is 0 Å². The summed E-state index contributed by atoms with van der Waals surface area (Å²) in [7, 11) is 0. The van der Waals surface area contributed by atoms with E-state index >= 15 is 0 Å². The molecule has 0 spiro atoms. The number of hydrogen-bond donors (Lipinski definition) is 1. The van der Waals surface area contributed by atoms with Gasteiger partial charge in [-0.15, -0.1) is 0 Å². The average molecular weight is 266 g/mol. The van der Waals surface area contributed by atoms with Gasteiger partial charge in [0.15, 0.2) is 0 Å². The lowest BCUT2D eigenvalue weighted by atomic mass is 9.86. The molecule has 1 saturated heterocycles. The third kappa shape index (κ3) is 4.48. The summed E-state index contributed by atoms with van der Waals surface area (Å²) in [6.45, 7) is 9.62. The molecule has 1 aliphatic carbocycles. The molecule has 2 fully saturated rings. The Morgan fingerprint density at radius 2 is 1.74 bits per heavy atom. The monoisotopic (exact) mass is 266 g/mol. The van der Waals surface area contributed by atoms with Gasteiger partial charge in [0.2, 0.25) is 5.91 Å². The molecule has 1 aliphatic heterocycles. The van der Waals surface area contributed by atoms with Crippen LogP contribution in [-0.4, -0.2) is 36.5 Å². The molecule has 0 aromatic rings. The summed E-state index contributed by atoms with van der Waals surface area (Å²) in [4.78, 5) is 14.5. The van der Waals surface area contributed by atoms with E-state index in [-0.39, 0.29) is 5.91 Å². The van der Waals surface area contributed by atoms with Crippen molar-refractivity contribution < 1.29 is 4.79 Å². The number of nitrogens with zero attached hydrogens (tertiary/aromatic N) is 1. The van der Waals surface area contributed by atoms with Crippen molar-refractivity contribution in [2.75, 3.05) is 19.6 Å². The smallest absolute Gasteiger partial charge is 0.234 e. The Hall–Kier alpha value is -0.570. The number of amides is 1. The van der Waals surface area contributed by atoms with Gasteiger partial charge in [-0.1, -0.05) is 33.6 Å². The Kier molecular flexibility index (Phi) is 5.26. The molecule has 0 aromatic heterocycles. The number of carbonyl (C=O) groups is 1. The van der Waals surface area contributed by atoms with Crippen molar-refractivity contribution in [2.45, 2.75) is 58.9 Å². The average Bonchev–Trinajstić information content (AvgIpc) is 2.30. The predicted molar refractivity (Wildman–Crippen MR) is 78.9 cm³/mol. The fourth-order valence-corrected chi connectivity index (χ4v) is 3.91. The van der Waals surface area contributed by atoms with Crippen molar-refractivity contribution in [3.63, 3.8) is 0 Å². The van der Waals surface area contributed by atoms with E-state index < -0.39 is 0 Å². The van der Waals surface area contributed by atoms with Crippen LogP contribution in [0.3, 0.4) is 0 Å². The minimum atomic E-state index is 0.236. The van der Waals surface area contributed by atoms with Gasteiger partial charge in [0.1, 0.15) is 0 Å². The highest BCUT2D eigenvalue weighted by molar-refractivity contribution is 5.78. The molecule has 19 heavy (non-hydrogen) atoms. The maximum atomic E-state index is 12.2. The topological polar surface area (TPSA) is 32.3 Å². The molecule has 4 unspecified atom stereocenters. The van der Waals surface area contributed by atoms with Crippen molar-refractivity contribution in [3.05, 3.63) is 0 Å². The van der Waals surface area contributed by atoms with E-state index in [1.165, 1.54) is 32.1 Å². The van der Waals surface area contributed by atoms with Crippen molar-refractivity contribution in [1.29, 1.82) is 0 Å². The first-order valence-electron chi connectivity index (χ1n) is 8.06. The van der Waals surface area contributed by atoms with E-state index in [1.807, 2.05) is 0 Å². The lowest BCUT2D eigenvalue weighted by molar-refractivity contribution is -0.124.